The number of nitrogens with zero attached hydrogens (tertiary/aromatic N) is 1. The molecule has 0 saturated heterocycles. The van der Waals surface area contributed by atoms with Gasteiger partial charge in [0, 0.05) is 5.69 Å². The van der Waals surface area contributed by atoms with Crippen LogP contribution in [0.25, 0.3) is 0 Å². The second-order valence-electron chi connectivity index (χ2n) is 4.05. The summed E-state index contributed by atoms with van der Waals surface area (Å²) in [5.74, 6) is 1.25. The van der Waals surface area contributed by atoms with Crippen LogP contribution in [0.2, 0.25) is 0 Å². The van der Waals surface area contributed by atoms with E-state index in [0.29, 0.717) is 11.8 Å². The number of rotatable bonds is 3. The summed E-state index contributed by atoms with van der Waals surface area (Å²) in [5.41, 5.74) is 7.44. The number of nitrogens with two attached hydrogens (primary N) is 1. The van der Waals surface area contributed by atoms with Crippen LogP contribution in [0.3, 0.4) is 0 Å². The number of hydrogen-bond acceptors (Lipinski definition) is 2. The van der Waals surface area contributed by atoms with E-state index in [1.165, 1.54) is 6.42 Å². The molecule has 0 amide bonds. The Kier molecular flexibility index (Phi) is 3.29. The molecule has 0 aliphatic carbocycles. The topological polar surface area (TPSA) is 38.9 Å². The largest absolute Gasteiger partial charge is 0.397 e. The molecule has 0 radical (unpaired) electrons. The summed E-state index contributed by atoms with van der Waals surface area (Å²) in [4.78, 5) is 4.31. The van der Waals surface area contributed by atoms with Gasteiger partial charge in [-0.15, -0.1) is 0 Å². The normalized spacial score (nSPS) is 13.2. The second-order valence-corrected chi connectivity index (χ2v) is 4.05. The molecule has 1 aromatic heterocycles. The number of anilines is 1. The Balaban J connectivity index is 2.66. The number of aromatic nitrogens is 1. The molecule has 72 valence electrons. The summed E-state index contributed by atoms with van der Waals surface area (Å²) in [5, 5.41) is 0. The molecule has 2 nitrogen and oxygen atoms in total. The van der Waals surface area contributed by atoms with Crippen LogP contribution in [-0.2, 0) is 0 Å². The smallest absolute Gasteiger partial charge is 0.0501 e. The van der Waals surface area contributed by atoms with Crippen molar-refractivity contribution < 1.29 is 0 Å². The van der Waals surface area contributed by atoms with E-state index >= 15 is 0 Å². The Hall–Kier alpha value is -1.05. The molecule has 2 N–H and O–H groups in total. The molecule has 1 aromatic rings. The second kappa shape index (κ2) is 4.26. The van der Waals surface area contributed by atoms with E-state index < -0.39 is 0 Å². The predicted octanol–water partition coefficient (Wildman–Crippen LogP) is 2.81. The van der Waals surface area contributed by atoms with Crippen molar-refractivity contribution in [3.63, 3.8) is 0 Å². The highest BCUT2D eigenvalue weighted by atomic mass is 14.7. The zero-order valence-electron chi connectivity index (χ0n) is 8.62. The Labute approximate surface area is 80.2 Å². The minimum atomic E-state index is 0.528. The number of nitrogen functional groups attached to an aromatic ring is 1. The third-order valence-corrected chi connectivity index (χ3v) is 2.14. The molecular weight excluding hydrogens is 160 g/mol. The van der Waals surface area contributed by atoms with Crippen LogP contribution in [-0.4, -0.2) is 4.98 Å². The van der Waals surface area contributed by atoms with Crippen molar-refractivity contribution in [2.75, 3.05) is 5.73 Å². The van der Waals surface area contributed by atoms with E-state index in [9.17, 15) is 0 Å². The van der Waals surface area contributed by atoms with Crippen molar-refractivity contribution >= 4 is 5.69 Å². The summed E-state index contributed by atoms with van der Waals surface area (Å²) in [7, 11) is 0. The van der Waals surface area contributed by atoms with Gasteiger partial charge in [-0.05, 0) is 30.4 Å². The monoisotopic (exact) mass is 178 g/mol. The van der Waals surface area contributed by atoms with Gasteiger partial charge in [0.2, 0.25) is 0 Å². The van der Waals surface area contributed by atoms with Gasteiger partial charge < -0.3 is 5.73 Å². The van der Waals surface area contributed by atoms with Crippen LogP contribution in [0.15, 0.2) is 18.3 Å². The first-order valence-corrected chi connectivity index (χ1v) is 4.81. The van der Waals surface area contributed by atoms with Crippen molar-refractivity contribution in [3.8, 4) is 0 Å². The van der Waals surface area contributed by atoms with E-state index in [-0.39, 0.29) is 0 Å². The molecule has 0 spiro atoms. The fourth-order valence-corrected chi connectivity index (χ4v) is 1.54. The van der Waals surface area contributed by atoms with E-state index in [0.717, 1.165) is 11.4 Å². The van der Waals surface area contributed by atoms with E-state index in [1.54, 1.807) is 6.20 Å². The lowest BCUT2D eigenvalue weighted by atomic mass is 9.95. The third kappa shape index (κ3) is 3.05. The standard InChI is InChI=1S/C11H18N2/c1-8(2)6-9(3)11-5-4-10(12)7-13-11/h4-5,7-9H,6,12H2,1-3H3. The van der Waals surface area contributed by atoms with Gasteiger partial charge in [0.25, 0.3) is 0 Å². The SMILES string of the molecule is CC(C)CC(C)c1ccc(N)cn1. The van der Waals surface area contributed by atoms with Crippen LogP contribution >= 0.6 is 0 Å². The zero-order valence-corrected chi connectivity index (χ0v) is 8.62. The highest BCUT2D eigenvalue weighted by Crippen LogP contribution is 2.21. The van der Waals surface area contributed by atoms with Crippen LogP contribution in [0.5, 0.6) is 0 Å². The average molecular weight is 178 g/mol. The summed E-state index contributed by atoms with van der Waals surface area (Å²) in [6.45, 7) is 6.67. The summed E-state index contributed by atoms with van der Waals surface area (Å²) in [6, 6.07) is 3.93. The van der Waals surface area contributed by atoms with Crippen molar-refractivity contribution in [3.05, 3.63) is 24.0 Å². The van der Waals surface area contributed by atoms with Gasteiger partial charge in [0.15, 0.2) is 0 Å². The lowest BCUT2D eigenvalue weighted by Crippen LogP contribution is -2.01. The van der Waals surface area contributed by atoms with Gasteiger partial charge in [0.05, 0.1) is 11.9 Å². The minimum Gasteiger partial charge on any atom is -0.397 e. The van der Waals surface area contributed by atoms with E-state index in [2.05, 4.69) is 25.8 Å². The van der Waals surface area contributed by atoms with Gasteiger partial charge in [-0.2, -0.15) is 0 Å². The van der Waals surface area contributed by atoms with Crippen molar-refractivity contribution in [1.29, 1.82) is 0 Å². The highest BCUT2D eigenvalue weighted by Gasteiger charge is 2.08. The quantitative estimate of drug-likeness (QED) is 0.773. The maximum absolute atomic E-state index is 5.57. The van der Waals surface area contributed by atoms with Crippen LogP contribution in [0.4, 0.5) is 5.69 Å². The van der Waals surface area contributed by atoms with Gasteiger partial charge in [-0.25, -0.2) is 0 Å². The van der Waals surface area contributed by atoms with Gasteiger partial charge in [0.1, 0.15) is 0 Å². The van der Waals surface area contributed by atoms with Gasteiger partial charge >= 0.3 is 0 Å². The minimum absolute atomic E-state index is 0.528. The van der Waals surface area contributed by atoms with Crippen LogP contribution in [0.1, 0.15) is 38.8 Å². The molecule has 1 atom stereocenters. The first-order valence-electron chi connectivity index (χ1n) is 4.81. The molecule has 0 bridgehead atoms. The number of hydrogen-bond donors (Lipinski definition) is 1. The molecular formula is C11H18N2. The lowest BCUT2D eigenvalue weighted by molar-refractivity contribution is 0.516. The fraction of sp³-hybridized carbons (Fsp3) is 0.545. The molecule has 1 heterocycles. The number of pyridine rings is 1. The third-order valence-electron chi connectivity index (χ3n) is 2.14. The molecule has 0 saturated carbocycles. The average Bonchev–Trinajstić information content (AvgIpc) is 2.04. The molecule has 0 aromatic carbocycles. The van der Waals surface area contributed by atoms with Crippen molar-refractivity contribution in [2.24, 2.45) is 5.92 Å². The Morgan fingerprint density at radius 1 is 1.31 bits per heavy atom. The maximum Gasteiger partial charge on any atom is 0.0501 e. The molecule has 13 heavy (non-hydrogen) atoms. The maximum atomic E-state index is 5.57. The van der Waals surface area contributed by atoms with Crippen LogP contribution in [0, 0.1) is 5.92 Å². The van der Waals surface area contributed by atoms with Crippen molar-refractivity contribution in [2.45, 2.75) is 33.1 Å². The summed E-state index contributed by atoms with van der Waals surface area (Å²) in [6.07, 6.45) is 2.91. The molecule has 0 aliphatic heterocycles. The zero-order chi connectivity index (χ0) is 9.84. The first-order chi connectivity index (χ1) is 6.09. The first kappa shape index (κ1) is 10.0. The Morgan fingerprint density at radius 3 is 2.46 bits per heavy atom. The van der Waals surface area contributed by atoms with Crippen molar-refractivity contribution in [1.82, 2.24) is 4.98 Å². The Morgan fingerprint density at radius 2 is 2.00 bits per heavy atom. The molecule has 1 rings (SSSR count). The summed E-state index contributed by atoms with van der Waals surface area (Å²) < 4.78 is 0. The molecule has 1 unspecified atom stereocenters. The lowest BCUT2D eigenvalue weighted by Gasteiger charge is -2.13. The predicted molar refractivity (Wildman–Crippen MR) is 56.5 cm³/mol. The van der Waals surface area contributed by atoms with Crippen LogP contribution < -0.4 is 5.73 Å². The van der Waals surface area contributed by atoms with Gasteiger partial charge in [-0.3, -0.25) is 4.98 Å². The molecule has 0 aliphatic rings. The van der Waals surface area contributed by atoms with E-state index in [4.69, 9.17) is 5.73 Å². The molecule has 2 heteroatoms. The van der Waals surface area contributed by atoms with Gasteiger partial charge in [-0.1, -0.05) is 20.8 Å². The molecule has 0 fully saturated rings. The summed E-state index contributed by atoms with van der Waals surface area (Å²) >= 11 is 0. The fourth-order valence-electron chi connectivity index (χ4n) is 1.54. The highest BCUT2D eigenvalue weighted by molar-refractivity contribution is 5.35. The Bertz CT molecular complexity index is 251. The van der Waals surface area contributed by atoms with E-state index in [1.807, 2.05) is 12.1 Å².